The van der Waals surface area contributed by atoms with Crippen molar-refractivity contribution >= 4 is 0 Å². The Hall–Kier alpha value is -0.520. The molecule has 1 saturated heterocycles. The third kappa shape index (κ3) is 2.53. The zero-order chi connectivity index (χ0) is 8.10. The molecule has 2 unspecified atom stereocenters. The molecule has 2 heteroatoms. The molecule has 2 atom stereocenters. The third-order valence-electron chi connectivity index (χ3n) is 1.76. The second kappa shape index (κ2) is 4.38. The number of aliphatic hydroxyl groups is 1. The molecule has 1 aliphatic rings. The van der Waals surface area contributed by atoms with Gasteiger partial charge in [0.1, 0.15) is 0 Å². The van der Waals surface area contributed by atoms with Crippen molar-refractivity contribution in [2.45, 2.75) is 32.5 Å². The first-order valence-corrected chi connectivity index (χ1v) is 4.12. The van der Waals surface area contributed by atoms with Gasteiger partial charge in [0, 0.05) is 13.0 Å². The van der Waals surface area contributed by atoms with Crippen molar-refractivity contribution in [1.82, 2.24) is 0 Å². The quantitative estimate of drug-likeness (QED) is 0.530. The fourth-order valence-corrected chi connectivity index (χ4v) is 1.14. The Balaban J connectivity index is 2.41. The molecule has 1 N–H and O–H groups in total. The molecule has 0 aliphatic carbocycles. The van der Waals surface area contributed by atoms with Crippen LogP contribution in [0.4, 0.5) is 0 Å². The van der Waals surface area contributed by atoms with Crippen molar-refractivity contribution in [1.29, 1.82) is 0 Å². The highest BCUT2D eigenvalue weighted by Gasteiger charge is 2.21. The SMILES string of the molecule is CCC#CC1CCCOC1O. The molecule has 0 saturated carbocycles. The van der Waals surface area contributed by atoms with Gasteiger partial charge in [0.2, 0.25) is 0 Å². The van der Waals surface area contributed by atoms with Gasteiger partial charge in [0.15, 0.2) is 6.29 Å². The molecule has 1 heterocycles. The van der Waals surface area contributed by atoms with Gasteiger partial charge >= 0.3 is 0 Å². The van der Waals surface area contributed by atoms with Crippen LogP contribution in [0.1, 0.15) is 26.2 Å². The van der Waals surface area contributed by atoms with E-state index in [0.717, 1.165) is 19.3 Å². The highest BCUT2D eigenvalue weighted by Crippen LogP contribution is 2.17. The normalized spacial score (nSPS) is 30.7. The van der Waals surface area contributed by atoms with Crippen LogP contribution in [-0.2, 0) is 4.74 Å². The maximum atomic E-state index is 9.27. The molecule has 0 radical (unpaired) electrons. The maximum Gasteiger partial charge on any atom is 0.168 e. The van der Waals surface area contributed by atoms with E-state index in [9.17, 15) is 5.11 Å². The summed E-state index contributed by atoms with van der Waals surface area (Å²) in [5.74, 6) is 6.00. The van der Waals surface area contributed by atoms with Gasteiger partial charge in [0.05, 0.1) is 5.92 Å². The Morgan fingerprint density at radius 3 is 3.09 bits per heavy atom. The van der Waals surface area contributed by atoms with Crippen LogP contribution in [0.5, 0.6) is 0 Å². The van der Waals surface area contributed by atoms with E-state index in [0.29, 0.717) is 6.61 Å². The molecule has 1 aliphatic heterocycles. The Morgan fingerprint density at radius 2 is 2.45 bits per heavy atom. The van der Waals surface area contributed by atoms with Crippen LogP contribution in [0, 0.1) is 17.8 Å². The maximum absolute atomic E-state index is 9.27. The lowest BCUT2D eigenvalue weighted by atomic mass is 10.0. The number of aliphatic hydroxyl groups excluding tert-OH is 1. The van der Waals surface area contributed by atoms with E-state index >= 15 is 0 Å². The summed E-state index contributed by atoms with van der Waals surface area (Å²) in [6, 6.07) is 0. The topological polar surface area (TPSA) is 29.5 Å². The molecule has 0 bridgehead atoms. The largest absolute Gasteiger partial charge is 0.367 e. The van der Waals surface area contributed by atoms with Crippen molar-refractivity contribution in [2.24, 2.45) is 5.92 Å². The number of hydrogen-bond acceptors (Lipinski definition) is 2. The summed E-state index contributed by atoms with van der Waals surface area (Å²) < 4.78 is 5.04. The van der Waals surface area contributed by atoms with E-state index in [1.54, 1.807) is 0 Å². The molecular weight excluding hydrogens is 140 g/mol. The molecule has 62 valence electrons. The molecule has 0 aromatic carbocycles. The van der Waals surface area contributed by atoms with Crippen molar-refractivity contribution in [3.63, 3.8) is 0 Å². The lowest BCUT2D eigenvalue weighted by molar-refractivity contribution is -0.144. The zero-order valence-corrected chi connectivity index (χ0v) is 6.84. The molecule has 0 aromatic rings. The van der Waals surface area contributed by atoms with E-state index in [1.165, 1.54) is 0 Å². The Labute approximate surface area is 67.6 Å². The van der Waals surface area contributed by atoms with E-state index < -0.39 is 6.29 Å². The highest BCUT2D eigenvalue weighted by atomic mass is 16.6. The van der Waals surface area contributed by atoms with Crippen LogP contribution >= 0.6 is 0 Å². The van der Waals surface area contributed by atoms with E-state index in [1.807, 2.05) is 6.92 Å². The predicted molar refractivity (Wildman–Crippen MR) is 42.7 cm³/mol. The summed E-state index contributed by atoms with van der Waals surface area (Å²) in [4.78, 5) is 0. The van der Waals surface area contributed by atoms with Crippen LogP contribution < -0.4 is 0 Å². The van der Waals surface area contributed by atoms with Gasteiger partial charge in [-0.2, -0.15) is 0 Å². The number of ether oxygens (including phenoxy) is 1. The fourth-order valence-electron chi connectivity index (χ4n) is 1.14. The van der Waals surface area contributed by atoms with Gasteiger partial charge in [-0.25, -0.2) is 0 Å². The van der Waals surface area contributed by atoms with E-state index in [-0.39, 0.29) is 5.92 Å². The first-order valence-electron chi connectivity index (χ1n) is 4.12. The van der Waals surface area contributed by atoms with Crippen LogP contribution in [0.3, 0.4) is 0 Å². The minimum atomic E-state index is -0.650. The van der Waals surface area contributed by atoms with Crippen LogP contribution in [0.25, 0.3) is 0 Å². The second-order valence-electron chi connectivity index (χ2n) is 2.68. The van der Waals surface area contributed by atoms with Crippen molar-refractivity contribution < 1.29 is 9.84 Å². The molecule has 1 rings (SSSR count). The van der Waals surface area contributed by atoms with Crippen molar-refractivity contribution in [3.05, 3.63) is 0 Å². The summed E-state index contributed by atoms with van der Waals surface area (Å²) in [7, 11) is 0. The summed E-state index contributed by atoms with van der Waals surface area (Å²) in [5.41, 5.74) is 0. The fraction of sp³-hybridized carbons (Fsp3) is 0.778. The Bertz CT molecular complexity index is 166. The van der Waals surface area contributed by atoms with Gasteiger partial charge in [-0.3, -0.25) is 0 Å². The van der Waals surface area contributed by atoms with Gasteiger partial charge in [0.25, 0.3) is 0 Å². The number of rotatable bonds is 0. The molecule has 0 amide bonds. The van der Waals surface area contributed by atoms with Gasteiger partial charge in [-0.05, 0) is 12.8 Å². The standard InChI is InChI=1S/C9H14O2/c1-2-3-5-8-6-4-7-11-9(8)10/h8-10H,2,4,6-7H2,1H3. The van der Waals surface area contributed by atoms with Crippen LogP contribution in [0.2, 0.25) is 0 Å². The molecular formula is C9H14O2. The minimum Gasteiger partial charge on any atom is -0.367 e. The first-order chi connectivity index (χ1) is 5.34. The Kier molecular flexibility index (Phi) is 3.41. The first kappa shape index (κ1) is 8.58. The minimum absolute atomic E-state index is 0.0451. The number of hydrogen-bond donors (Lipinski definition) is 1. The zero-order valence-electron chi connectivity index (χ0n) is 6.84. The predicted octanol–water partition coefficient (Wildman–Crippen LogP) is 1.14. The summed E-state index contributed by atoms with van der Waals surface area (Å²) in [6.07, 6.45) is 2.18. The second-order valence-corrected chi connectivity index (χ2v) is 2.68. The van der Waals surface area contributed by atoms with Crippen LogP contribution in [0.15, 0.2) is 0 Å². The average molecular weight is 154 g/mol. The van der Waals surface area contributed by atoms with Gasteiger partial charge < -0.3 is 9.84 Å². The summed E-state index contributed by atoms with van der Waals surface area (Å²) in [5, 5.41) is 9.27. The monoisotopic (exact) mass is 154 g/mol. The smallest absolute Gasteiger partial charge is 0.168 e. The summed E-state index contributed by atoms with van der Waals surface area (Å²) in [6.45, 7) is 2.68. The van der Waals surface area contributed by atoms with E-state index in [4.69, 9.17) is 4.74 Å². The lowest BCUT2D eigenvalue weighted by Gasteiger charge is -2.23. The average Bonchev–Trinajstić information content (AvgIpc) is 2.03. The molecule has 0 aromatic heterocycles. The highest BCUT2D eigenvalue weighted by molar-refractivity contribution is 5.04. The molecule has 2 nitrogen and oxygen atoms in total. The molecule has 11 heavy (non-hydrogen) atoms. The third-order valence-corrected chi connectivity index (χ3v) is 1.76. The van der Waals surface area contributed by atoms with Crippen LogP contribution in [-0.4, -0.2) is 18.0 Å². The lowest BCUT2D eigenvalue weighted by Crippen LogP contribution is -2.27. The summed E-state index contributed by atoms with van der Waals surface area (Å²) >= 11 is 0. The Morgan fingerprint density at radius 1 is 1.64 bits per heavy atom. The molecule has 1 fully saturated rings. The van der Waals surface area contributed by atoms with Crippen molar-refractivity contribution in [2.75, 3.05) is 6.61 Å². The van der Waals surface area contributed by atoms with E-state index in [2.05, 4.69) is 11.8 Å². The van der Waals surface area contributed by atoms with Crippen molar-refractivity contribution in [3.8, 4) is 11.8 Å². The van der Waals surface area contributed by atoms with Gasteiger partial charge in [-0.15, -0.1) is 5.92 Å². The van der Waals surface area contributed by atoms with Gasteiger partial charge in [-0.1, -0.05) is 12.8 Å². The molecule has 0 spiro atoms.